The molecule has 0 saturated carbocycles. The third kappa shape index (κ3) is 3.30. The molecule has 0 radical (unpaired) electrons. The maximum atomic E-state index is 12.2. The minimum absolute atomic E-state index is 0.132. The minimum atomic E-state index is -3.23. The molecule has 0 aromatic heterocycles. The van der Waals surface area contributed by atoms with Gasteiger partial charge in [-0.1, -0.05) is 15.9 Å². The van der Waals surface area contributed by atoms with Gasteiger partial charge < -0.3 is 0 Å². The van der Waals surface area contributed by atoms with E-state index in [2.05, 4.69) is 15.9 Å². The number of benzene rings is 2. The van der Waals surface area contributed by atoms with Crippen LogP contribution in [0.25, 0.3) is 0 Å². The summed E-state index contributed by atoms with van der Waals surface area (Å²) in [6.45, 7) is 0. The average Bonchev–Trinajstić information content (AvgIpc) is 2.38. The third-order valence-corrected chi connectivity index (χ3v) is 4.31. The summed E-state index contributed by atoms with van der Waals surface area (Å²) < 4.78 is 23.6. The molecule has 0 amide bonds. The molecule has 0 bridgehead atoms. The van der Waals surface area contributed by atoms with E-state index in [-0.39, 0.29) is 10.7 Å². The summed E-state index contributed by atoms with van der Waals surface area (Å²) in [7, 11) is -3.23. The fourth-order valence-corrected chi connectivity index (χ4v) is 2.52. The molecule has 0 saturated heterocycles. The first kappa shape index (κ1) is 14.0. The van der Waals surface area contributed by atoms with Crippen LogP contribution in [0.4, 0.5) is 0 Å². The maximum absolute atomic E-state index is 12.2. The fourth-order valence-electron chi connectivity index (χ4n) is 1.62. The minimum Gasteiger partial charge on any atom is -0.289 e. The first-order chi connectivity index (χ1) is 8.88. The van der Waals surface area contributed by atoms with Gasteiger partial charge in [0, 0.05) is 21.9 Å². The largest absolute Gasteiger partial charge is 0.289 e. The molecule has 0 heterocycles. The van der Waals surface area contributed by atoms with Gasteiger partial charge in [-0.15, -0.1) is 0 Å². The highest BCUT2D eigenvalue weighted by atomic mass is 79.9. The standard InChI is InChI=1S/C14H11BrO3S/c1-19(17,18)13-8-4-11(5-9-13)14(16)10-2-6-12(15)7-3-10/h2-9H,1H3. The first-order valence-electron chi connectivity index (χ1n) is 5.48. The number of hydrogen-bond donors (Lipinski definition) is 0. The van der Waals surface area contributed by atoms with E-state index in [1.807, 2.05) is 0 Å². The van der Waals surface area contributed by atoms with Gasteiger partial charge >= 0.3 is 0 Å². The summed E-state index contributed by atoms with van der Waals surface area (Å²) in [6.07, 6.45) is 1.14. The van der Waals surface area contributed by atoms with Gasteiger partial charge in [-0.05, 0) is 48.5 Å². The van der Waals surface area contributed by atoms with Crippen LogP contribution in [0.5, 0.6) is 0 Å². The average molecular weight is 339 g/mol. The van der Waals surface area contributed by atoms with Crippen molar-refractivity contribution in [2.45, 2.75) is 4.90 Å². The maximum Gasteiger partial charge on any atom is 0.193 e. The Balaban J connectivity index is 2.32. The lowest BCUT2D eigenvalue weighted by molar-refractivity contribution is 0.103. The van der Waals surface area contributed by atoms with E-state index in [1.165, 1.54) is 24.3 Å². The Hall–Kier alpha value is -1.46. The van der Waals surface area contributed by atoms with Crippen molar-refractivity contribution in [2.24, 2.45) is 0 Å². The van der Waals surface area contributed by atoms with Crippen molar-refractivity contribution in [1.82, 2.24) is 0 Å². The van der Waals surface area contributed by atoms with Crippen LogP contribution in [-0.2, 0) is 9.84 Å². The van der Waals surface area contributed by atoms with E-state index in [0.29, 0.717) is 11.1 Å². The normalized spacial score (nSPS) is 11.3. The van der Waals surface area contributed by atoms with Crippen LogP contribution in [-0.4, -0.2) is 20.5 Å². The van der Waals surface area contributed by atoms with E-state index >= 15 is 0 Å². The van der Waals surface area contributed by atoms with Crippen molar-refractivity contribution >= 4 is 31.6 Å². The molecule has 98 valence electrons. The quantitative estimate of drug-likeness (QED) is 0.808. The number of sulfone groups is 1. The van der Waals surface area contributed by atoms with Gasteiger partial charge in [0.05, 0.1) is 4.90 Å². The summed E-state index contributed by atoms with van der Waals surface area (Å²) in [4.78, 5) is 12.4. The number of hydrogen-bond acceptors (Lipinski definition) is 3. The number of halogens is 1. The van der Waals surface area contributed by atoms with Gasteiger partial charge in [-0.3, -0.25) is 4.79 Å². The zero-order chi connectivity index (χ0) is 14.0. The lowest BCUT2D eigenvalue weighted by Gasteiger charge is -2.03. The highest BCUT2D eigenvalue weighted by molar-refractivity contribution is 9.10. The lowest BCUT2D eigenvalue weighted by atomic mass is 10.0. The Morgan fingerprint density at radius 1 is 0.895 bits per heavy atom. The molecule has 0 unspecified atom stereocenters. The molecule has 0 spiro atoms. The highest BCUT2D eigenvalue weighted by Crippen LogP contribution is 2.16. The number of carbonyl (C=O) groups is 1. The van der Waals surface area contributed by atoms with E-state index < -0.39 is 9.84 Å². The highest BCUT2D eigenvalue weighted by Gasteiger charge is 2.11. The second kappa shape index (κ2) is 5.27. The van der Waals surface area contributed by atoms with Crippen molar-refractivity contribution in [1.29, 1.82) is 0 Å². The van der Waals surface area contributed by atoms with Crippen molar-refractivity contribution < 1.29 is 13.2 Å². The molecular weight excluding hydrogens is 328 g/mol. The zero-order valence-electron chi connectivity index (χ0n) is 10.1. The lowest BCUT2D eigenvalue weighted by Crippen LogP contribution is -2.02. The summed E-state index contributed by atoms with van der Waals surface area (Å²) in [5.41, 5.74) is 1.03. The van der Waals surface area contributed by atoms with Gasteiger partial charge in [0.15, 0.2) is 15.6 Å². The molecule has 0 fully saturated rings. The predicted molar refractivity (Wildman–Crippen MR) is 77.1 cm³/mol. The van der Waals surface area contributed by atoms with E-state index in [9.17, 15) is 13.2 Å². The second-order valence-electron chi connectivity index (χ2n) is 4.13. The molecule has 0 aliphatic carbocycles. The van der Waals surface area contributed by atoms with Crippen molar-refractivity contribution in [3.05, 3.63) is 64.1 Å². The van der Waals surface area contributed by atoms with E-state index in [4.69, 9.17) is 0 Å². The molecule has 0 atom stereocenters. The molecule has 2 aromatic rings. The van der Waals surface area contributed by atoms with Crippen LogP contribution in [0.2, 0.25) is 0 Å². The van der Waals surface area contributed by atoms with Crippen molar-refractivity contribution in [3.63, 3.8) is 0 Å². The number of ketones is 1. The molecule has 2 rings (SSSR count). The van der Waals surface area contributed by atoms with Crippen molar-refractivity contribution in [2.75, 3.05) is 6.26 Å². The third-order valence-electron chi connectivity index (χ3n) is 2.65. The number of rotatable bonds is 3. The van der Waals surface area contributed by atoms with Gasteiger partial charge in [-0.2, -0.15) is 0 Å². The predicted octanol–water partition coefficient (Wildman–Crippen LogP) is 3.08. The smallest absolute Gasteiger partial charge is 0.193 e. The second-order valence-corrected chi connectivity index (χ2v) is 7.06. The van der Waals surface area contributed by atoms with Gasteiger partial charge in [-0.25, -0.2) is 8.42 Å². The Labute approximate surface area is 120 Å². The van der Waals surface area contributed by atoms with Crippen LogP contribution in [0.3, 0.4) is 0 Å². The summed E-state index contributed by atoms with van der Waals surface area (Å²) in [5.74, 6) is -0.132. The summed E-state index contributed by atoms with van der Waals surface area (Å²) in [6, 6.07) is 13.0. The van der Waals surface area contributed by atoms with Gasteiger partial charge in [0.2, 0.25) is 0 Å². The molecule has 0 N–H and O–H groups in total. The molecular formula is C14H11BrO3S. The molecule has 5 heteroatoms. The summed E-state index contributed by atoms with van der Waals surface area (Å²) >= 11 is 3.30. The van der Waals surface area contributed by atoms with Crippen LogP contribution in [0.15, 0.2) is 57.9 Å². The molecule has 0 aliphatic heterocycles. The van der Waals surface area contributed by atoms with Crippen LogP contribution in [0, 0.1) is 0 Å². The van der Waals surface area contributed by atoms with Gasteiger partial charge in [0.1, 0.15) is 0 Å². The first-order valence-corrected chi connectivity index (χ1v) is 8.17. The Bertz CT molecular complexity index is 701. The Morgan fingerprint density at radius 3 is 1.74 bits per heavy atom. The number of carbonyl (C=O) groups excluding carboxylic acids is 1. The Kier molecular flexibility index (Phi) is 3.87. The van der Waals surface area contributed by atoms with Crippen LogP contribution < -0.4 is 0 Å². The summed E-state index contributed by atoms with van der Waals surface area (Å²) in [5, 5.41) is 0. The van der Waals surface area contributed by atoms with Crippen LogP contribution >= 0.6 is 15.9 Å². The monoisotopic (exact) mass is 338 g/mol. The molecule has 0 aliphatic rings. The Morgan fingerprint density at radius 2 is 1.32 bits per heavy atom. The fraction of sp³-hybridized carbons (Fsp3) is 0.0714. The molecule has 2 aromatic carbocycles. The zero-order valence-corrected chi connectivity index (χ0v) is 12.5. The SMILES string of the molecule is CS(=O)(=O)c1ccc(C(=O)c2ccc(Br)cc2)cc1. The van der Waals surface area contributed by atoms with E-state index in [0.717, 1.165) is 10.7 Å². The topological polar surface area (TPSA) is 51.2 Å². The van der Waals surface area contributed by atoms with Gasteiger partial charge in [0.25, 0.3) is 0 Å². The van der Waals surface area contributed by atoms with Crippen molar-refractivity contribution in [3.8, 4) is 0 Å². The molecule has 19 heavy (non-hydrogen) atoms. The van der Waals surface area contributed by atoms with E-state index in [1.54, 1.807) is 24.3 Å². The molecule has 3 nitrogen and oxygen atoms in total. The van der Waals surface area contributed by atoms with Crippen LogP contribution in [0.1, 0.15) is 15.9 Å².